The van der Waals surface area contributed by atoms with E-state index in [-0.39, 0.29) is 19.8 Å². The van der Waals surface area contributed by atoms with E-state index in [4.69, 9.17) is 20.2 Å². The van der Waals surface area contributed by atoms with Gasteiger partial charge in [0, 0.05) is 6.42 Å². The molecule has 0 aromatic rings. The number of nitrogens with zero attached hydrogens (tertiary/aromatic N) is 1. The molecule has 64 valence electrons. The van der Waals surface area contributed by atoms with E-state index in [1.54, 1.807) is 0 Å². The average molecular weight is 159 g/mol. The van der Waals surface area contributed by atoms with Crippen molar-refractivity contribution in [2.75, 3.05) is 19.8 Å². The third-order valence-corrected chi connectivity index (χ3v) is 1.14. The van der Waals surface area contributed by atoms with Gasteiger partial charge in [0.15, 0.2) is 0 Å². The lowest BCUT2D eigenvalue weighted by molar-refractivity contribution is 0.0186. The van der Waals surface area contributed by atoms with E-state index >= 15 is 0 Å². The summed E-state index contributed by atoms with van der Waals surface area (Å²) in [6.07, 6.45) is 0.187. The molecule has 0 aromatic heterocycles. The molecule has 0 fully saturated rings. The number of rotatable bonds is 6. The average Bonchev–Trinajstić information content (AvgIpc) is 2.01. The zero-order valence-electron chi connectivity index (χ0n) is 6.36. The molecule has 0 aromatic carbocycles. The molecule has 4 heteroatoms. The van der Waals surface area contributed by atoms with E-state index in [0.29, 0.717) is 12.8 Å². The fourth-order valence-corrected chi connectivity index (χ4v) is 0.598. The van der Waals surface area contributed by atoms with Crippen LogP contribution in [0.15, 0.2) is 0 Å². The predicted octanol–water partition coefficient (Wildman–Crippen LogP) is -0.340. The van der Waals surface area contributed by atoms with Gasteiger partial charge in [-0.05, 0) is 6.42 Å². The highest BCUT2D eigenvalue weighted by Gasteiger charge is 2.02. The first kappa shape index (κ1) is 10.4. The fourth-order valence-electron chi connectivity index (χ4n) is 0.598. The number of aliphatic hydroxyl groups excluding tert-OH is 2. The van der Waals surface area contributed by atoms with Crippen LogP contribution < -0.4 is 0 Å². The molecule has 0 aliphatic carbocycles. The maximum absolute atomic E-state index is 9.05. The number of ether oxygens (including phenoxy) is 1. The lowest BCUT2D eigenvalue weighted by Crippen LogP contribution is -2.16. The molecule has 0 aliphatic rings. The van der Waals surface area contributed by atoms with Crippen LogP contribution in [0, 0.1) is 11.3 Å². The maximum atomic E-state index is 9.05. The third kappa shape index (κ3) is 7.26. The van der Waals surface area contributed by atoms with Crippen molar-refractivity contribution in [3.8, 4) is 6.07 Å². The Morgan fingerprint density at radius 2 is 2.27 bits per heavy atom. The fraction of sp³-hybridized carbons (Fsp3) is 0.857. The summed E-state index contributed by atoms with van der Waals surface area (Å²) in [4.78, 5) is 0. The van der Waals surface area contributed by atoms with Gasteiger partial charge >= 0.3 is 0 Å². The minimum Gasteiger partial charge on any atom is -0.394 e. The van der Waals surface area contributed by atoms with Crippen molar-refractivity contribution < 1.29 is 14.9 Å². The SMILES string of the molecule is N#CCCC(O)COCCO. The van der Waals surface area contributed by atoms with Crippen molar-refractivity contribution in [3.63, 3.8) is 0 Å². The van der Waals surface area contributed by atoms with E-state index in [9.17, 15) is 0 Å². The van der Waals surface area contributed by atoms with E-state index in [1.165, 1.54) is 0 Å². The van der Waals surface area contributed by atoms with Crippen molar-refractivity contribution in [3.05, 3.63) is 0 Å². The summed E-state index contributed by atoms with van der Waals surface area (Å²) in [5, 5.41) is 25.5. The van der Waals surface area contributed by atoms with Crippen LogP contribution in [0.1, 0.15) is 12.8 Å². The monoisotopic (exact) mass is 159 g/mol. The van der Waals surface area contributed by atoms with Crippen molar-refractivity contribution in [2.24, 2.45) is 0 Å². The molecule has 0 amide bonds. The predicted molar refractivity (Wildman–Crippen MR) is 38.8 cm³/mol. The number of aliphatic hydroxyl groups is 2. The van der Waals surface area contributed by atoms with Crippen LogP contribution in [0.4, 0.5) is 0 Å². The normalized spacial score (nSPS) is 12.5. The molecule has 0 spiro atoms. The minimum atomic E-state index is -0.582. The lowest BCUT2D eigenvalue weighted by Gasteiger charge is -2.07. The summed E-state index contributed by atoms with van der Waals surface area (Å²) < 4.78 is 4.83. The maximum Gasteiger partial charge on any atom is 0.0783 e. The number of nitriles is 1. The smallest absolute Gasteiger partial charge is 0.0783 e. The molecule has 1 unspecified atom stereocenters. The molecule has 0 aliphatic heterocycles. The van der Waals surface area contributed by atoms with E-state index in [2.05, 4.69) is 0 Å². The van der Waals surface area contributed by atoms with Gasteiger partial charge in [-0.25, -0.2) is 0 Å². The van der Waals surface area contributed by atoms with E-state index in [0.717, 1.165) is 0 Å². The van der Waals surface area contributed by atoms with Gasteiger partial charge < -0.3 is 14.9 Å². The van der Waals surface area contributed by atoms with Crippen LogP contribution in [0.25, 0.3) is 0 Å². The minimum absolute atomic E-state index is 0.0367. The zero-order chi connectivity index (χ0) is 8.53. The molecular formula is C7H13NO3. The van der Waals surface area contributed by atoms with E-state index in [1.807, 2.05) is 6.07 Å². The van der Waals surface area contributed by atoms with Crippen molar-refractivity contribution in [1.29, 1.82) is 5.26 Å². The summed E-state index contributed by atoms with van der Waals surface area (Å²) in [7, 11) is 0. The second-order valence-electron chi connectivity index (χ2n) is 2.15. The van der Waals surface area contributed by atoms with Gasteiger partial charge in [-0.2, -0.15) is 5.26 Å². The summed E-state index contributed by atoms with van der Waals surface area (Å²) in [5.74, 6) is 0. The molecular weight excluding hydrogens is 146 g/mol. The van der Waals surface area contributed by atoms with Crippen LogP contribution in [-0.4, -0.2) is 36.1 Å². The summed E-state index contributed by atoms with van der Waals surface area (Å²) in [6, 6.07) is 1.92. The van der Waals surface area contributed by atoms with Crippen LogP contribution >= 0.6 is 0 Å². The first-order valence-corrected chi connectivity index (χ1v) is 3.55. The Kier molecular flexibility index (Phi) is 7.05. The summed E-state index contributed by atoms with van der Waals surface area (Å²) in [5.41, 5.74) is 0. The Bertz CT molecular complexity index is 121. The lowest BCUT2D eigenvalue weighted by atomic mass is 10.2. The molecule has 0 saturated carbocycles. The van der Waals surface area contributed by atoms with Crippen molar-refractivity contribution in [2.45, 2.75) is 18.9 Å². The van der Waals surface area contributed by atoms with Gasteiger partial charge in [-0.15, -0.1) is 0 Å². The molecule has 4 nitrogen and oxygen atoms in total. The molecule has 1 atom stereocenters. The molecule has 0 heterocycles. The van der Waals surface area contributed by atoms with Crippen LogP contribution in [0.2, 0.25) is 0 Å². The Morgan fingerprint density at radius 3 is 2.82 bits per heavy atom. The highest BCUT2D eigenvalue weighted by Crippen LogP contribution is 1.95. The Labute approximate surface area is 66.0 Å². The topological polar surface area (TPSA) is 73.5 Å². The Morgan fingerprint density at radius 1 is 1.55 bits per heavy atom. The van der Waals surface area contributed by atoms with Crippen molar-refractivity contribution >= 4 is 0 Å². The van der Waals surface area contributed by atoms with Gasteiger partial charge in [-0.1, -0.05) is 0 Å². The van der Waals surface area contributed by atoms with Crippen molar-refractivity contribution in [1.82, 2.24) is 0 Å². The molecule has 0 rings (SSSR count). The van der Waals surface area contributed by atoms with Gasteiger partial charge in [0.05, 0.1) is 32.0 Å². The Hall–Kier alpha value is -0.630. The second-order valence-corrected chi connectivity index (χ2v) is 2.15. The van der Waals surface area contributed by atoms with Crippen LogP contribution in [0.5, 0.6) is 0 Å². The molecule has 11 heavy (non-hydrogen) atoms. The number of hydrogen-bond donors (Lipinski definition) is 2. The zero-order valence-corrected chi connectivity index (χ0v) is 6.36. The highest BCUT2D eigenvalue weighted by molar-refractivity contribution is 4.71. The first-order chi connectivity index (χ1) is 5.31. The number of hydrogen-bond acceptors (Lipinski definition) is 4. The van der Waals surface area contributed by atoms with Gasteiger partial charge in [-0.3, -0.25) is 0 Å². The quantitative estimate of drug-likeness (QED) is 0.520. The molecule has 2 N–H and O–H groups in total. The van der Waals surface area contributed by atoms with Gasteiger partial charge in [0.1, 0.15) is 0 Å². The van der Waals surface area contributed by atoms with Crippen LogP contribution in [-0.2, 0) is 4.74 Å². The summed E-state index contributed by atoms with van der Waals surface area (Å²) >= 11 is 0. The van der Waals surface area contributed by atoms with Crippen LogP contribution in [0.3, 0.4) is 0 Å². The summed E-state index contributed by atoms with van der Waals surface area (Å²) in [6.45, 7) is 0.400. The molecule has 0 saturated heterocycles. The molecule has 0 bridgehead atoms. The Balaban J connectivity index is 3.10. The van der Waals surface area contributed by atoms with Gasteiger partial charge in [0.2, 0.25) is 0 Å². The molecule has 0 radical (unpaired) electrons. The largest absolute Gasteiger partial charge is 0.394 e. The standard InChI is InChI=1S/C7H13NO3/c8-3-1-2-7(10)6-11-5-4-9/h7,9-10H,1-2,4-6H2. The highest BCUT2D eigenvalue weighted by atomic mass is 16.5. The van der Waals surface area contributed by atoms with E-state index < -0.39 is 6.10 Å². The first-order valence-electron chi connectivity index (χ1n) is 3.55. The third-order valence-electron chi connectivity index (χ3n) is 1.14. The second kappa shape index (κ2) is 7.48. The van der Waals surface area contributed by atoms with Gasteiger partial charge in [0.25, 0.3) is 0 Å².